The first kappa shape index (κ1) is 19.6. The Balaban J connectivity index is 1.69. The Morgan fingerprint density at radius 1 is 1.17 bits per heavy atom. The average molecular weight is 434 g/mol. The number of hydrogen-bond donors (Lipinski definition) is 2. The molecule has 0 radical (unpaired) electrons. The molecule has 1 aliphatic heterocycles. The molecule has 0 aliphatic carbocycles. The van der Waals surface area contributed by atoms with Crippen molar-refractivity contribution in [2.75, 3.05) is 5.32 Å². The van der Waals surface area contributed by atoms with E-state index in [1.165, 1.54) is 11.8 Å². The van der Waals surface area contributed by atoms with E-state index in [1.54, 1.807) is 12.1 Å². The number of aromatic amines is 1. The van der Waals surface area contributed by atoms with Crippen LogP contribution in [0.15, 0.2) is 52.4 Å². The molecule has 1 unspecified atom stereocenters. The highest BCUT2D eigenvalue weighted by atomic mass is 35.5. The number of thioether (sulfide) groups is 1. The number of rotatable bonds is 4. The van der Waals surface area contributed by atoms with Crippen molar-refractivity contribution in [1.29, 1.82) is 0 Å². The molecule has 1 aromatic heterocycles. The summed E-state index contributed by atoms with van der Waals surface area (Å²) in [6, 6.07) is 10.2. The number of hydrogen-bond acceptors (Lipinski definition) is 4. The van der Waals surface area contributed by atoms with Crippen molar-refractivity contribution in [3.05, 3.63) is 86.2 Å². The van der Waals surface area contributed by atoms with E-state index in [-0.39, 0.29) is 23.4 Å². The number of nitrogens with zero attached hydrogens (tertiary/aromatic N) is 1. The first-order valence-corrected chi connectivity index (χ1v) is 10.0. The Labute approximate surface area is 173 Å². The second-order valence-corrected chi connectivity index (χ2v) is 7.92. The zero-order chi connectivity index (χ0) is 20.5. The summed E-state index contributed by atoms with van der Waals surface area (Å²) < 4.78 is 27.9. The van der Waals surface area contributed by atoms with Crippen molar-refractivity contribution in [1.82, 2.24) is 9.97 Å². The maximum atomic E-state index is 14.3. The van der Waals surface area contributed by atoms with Crippen molar-refractivity contribution in [2.45, 2.75) is 23.2 Å². The minimum atomic E-state index is -0.919. The minimum absolute atomic E-state index is 0.0484. The monoisotopic (exact) mass is 433 g/mol. The molecular formula is C20H14ClF2N3O2S. The molecule has 0 bridgehead atoms. The lowest BCUT2D eigenvalue weighted by molar-refractivity contribution is -0.116. The molecule has 9 heteroatoms. The fourth-order valence-corrected chi connectivity index (χ4v) is 4.26. The second kappa shape index (κ2) is 7.96. The fourth-order valence-electron chi connectivity index (χ4n) is 3.24. The predicted octanol–water partition coefficient (Wildman–Crippen LogP) is 4.47. The molecule has 2 aromatic carbocycles. The molecule has 1 amide bonds. The van der Waals surface area contributed by atoms with Crippen LogP contribution in [0.4, 0.5) is 14.6 Å². The van der Waals surface area contributed by atoms with Crippen LogP contribution in [0.25, 0.3) is 0 Å². The number of fused-ring (bicyclic) bond motifs is 1. The molecule has 3 aromatic rings. The molecule has 0 saturated carbocycles. The van der Waals surface area contributed by atoms with Gasteiger partial charge in [-0.15, -0.1) is 0 Å². The molecule has 1 aliphatic rings. The molecule has 0 fully saturated rings. The van der Waals surface area contributed by atoms with Crippen LogP contribution >= 0.6 is 23.4 Å². The average Bonchev–Trinajstić information content (AvgIpc) is 2.67. The van der Waals surface area contributed by atoms with Crippen LogP contribution in [-0.4, -0.2) is 15.9 Å². The maximum Gasteiger partial charge on any atom is 0.257 e. The van der Waals surface area contributed by atoms with Gasteiger partial charge in [0.1, 0.15) is 17.5 Å². The summed E-state index contributed by atoms with van der Waals surface area (Å²) in [5.41, 5.74) is 0.498. The Hall–Kier alpha value is -2.71. The number of carbonyl (C=O) groups excluding carboxylic acids is 1. The van der Waals surface area contributed by atoms with E-state index in [9.17, 15) is 18.4 Å². The van der Waals surface area contributed by atoms with E-state index in [0.29, 0.717) is 15.9 Å². The van der Waals surface area contributed by atoms with E-state index >= 15 is 0 Å². The summed E-state index contributed by atoms with van der Waals surface area (Å²) in [6.45, 7) is 0. The van der Waals surface area contributed by atoms with Gasteiger partial charge in [-0.25, -0.2) is 13.8 Å². The second-order valence-electron chi connectivity index (χ2n) is 6.52. The maximum absolute atomic E-state index is 14.3. The number of aromatic nitrogens is 2. The summed E-state index contributed by atoms with van der Waals surface area (Å²) in [7, 11) is 0. The zero-order valence-corrected chi connectivity index (χ0v) is 16.4. The van der Waals surface area contributed by atoms with Crippen molar-refractivity contribution in [3.63, 3.8) is 0 Å². The Kier molecular flexibility index (Phi) is 5.38. The van der Waals surface area contributed by atoms with Crippen LogP contribution in [0.1, 0.15) is 29.0 Å². The predicted molar refractivity (Wildman–Crippen MR) is 107 cm³/mol. The number of carbonyl (C=O) groups is 1. The first-order chi connectivity index (χ1) is 13.9. The molecule has 148 valence electrons. The molecule has 2 N–H and O–H groups in total. The van der Waals surface area contributed by atoms with E-state index in [0.717, 1.165) is 23.8 Å². The summed E-state index contributed by atoms with van der Waals surface area (Å²) in [6.07, 6.45) is -0.173. The third-order valence-corrected chi connectivity index (χ3v) is 5.71. The van der Waals surface area contributed by atoms with E-state index in [1.807, 2.05) is 12.1 Å². The molecule has 2 heterocycles. The SMILES string of the molecule is O=C1CC(c2cc(F)ccc2F)c2c(nc(SCc3cccc(Cl)c3)[nH]c2=O)N1. The van der Waals surface area contributed by atoms with Gasteiger partial charge >= 0.3 is 0 Å². The third kappa shape index (κ3) is 4.18. The standard InChI is InChI=1S/C20H14ClF2N3O2S/c21-11-3-1-2-10(6-11)9-29-20-25-18-17(19(28)26-20)14(8-16(27)24-18)13-7-12(22)4-5-15(13)23/h1-7,14H,8-9H2,(H2,24,25,26,27,28). The topological polar surface area (TPSA) is 74.8 Å². The number of halogens is 3. The van der Waals surface area contributed by atoms with Crippen LogP contribution in [0.5, 0.6) is 0 Å². The number of nitrogens with one attached hydrogen (secondary N) is 2. The molecule has 0 saturated heterocycles. The van der Waals surface area contributed by atoms with Gasteiger partial charge in [-0.05, 0) is 41.5 Å². The molecule has 5 nitrogen and oxygen atoms in total. The van der Waals surface area contributed by atoms with Gasteiger partial charge in [0.05, 0.1) is 5.56 Å². The smallest absolute Gasteiger partial charge is 0.257 e. The van der Waals surface area contributed by atoms with Gasteiger partial charge in [0, 0.05) is 23.1 Å². The highest BCUT2D eigenvalue weighted by Gasteiger charge is 2.32. The number of H-pyrrole nitrogens is 1. The Morgan fingerprint density at radius 3 is 2.79 bits per heavy atom. The van der Waals surface area contributed by atoms with Gasteiger partial charge in [-0.1, -0.05) is 35.5 Å². The number of anilines is 1. The summed E-state index contributed by atoms with van der Waals surface area (Å²) in [5.74, 6) is -2.11. The van der Waals surface area contributed by atoms with E-state index in [4.69, 9.17) is 11.6 Å². The Bertz CT molecular complexity index is 1170. The lowest BCUT2D eigenvalue weighted by Crippen LogP contribution is -2.31. The highest BCUT2D eigenvalue weighted by molar-refractivity contribution is 7.98. The normalized spacial score (nSPS) is 15.7. The van der Waals surface area contributed by atoms with Crippen LogP contribution < -0.4 is 10.9 Å². The van der Waals surface area contributed by atoms with Crippen molar-refractivity contribution in [2.24, 2.45) is 0 Å². The quantitative estimate of drug-likeness (QED) is 0.470. The first-order valence-electron chi connectivity index (χ1n) is 8.67. The molecule has 0 spiro atoms. The fraction of sp³-hybridized carbons (Fsp3) is 0.150. The van der Waals surface area contributed by atoms with Crippen molar-refractivity contribution < 1.29 is 13.6 Å². The van der Waals surface area contributed by atoms with E-state index in [2.05, 4.69) is 15.3 Å². The van der Waals surface area contributed by atoms with Crippen LogP contribution in [0.2, 0.25) is 5.02 Å². The summed E-state index contributed by atoms with van der Waals surface area (Å²) in [5, 5.41) is 3.46. The Morgan fingerprint density at radius 2 is 2.00 bits per heavy atom. The van der Waals surface area contributed by atoms with Crippen LogP contribution in [0.3, 0.4) is 0 Å². The number of amides is 1. The van der Waals surface area contributed by atoms with Crippen molar-refractivity contribution >= 4 is 35.1 Å². The van der Waals surface area contributed by atoms with Gasteiger partial charge < -0.3 is 10.3 Å². The van der Waals surface area contributed by atoms with Crippen LogP contribution in [-0.2, 0) is 10.5 Å². The number of benzene rings is 2. The van der Waals surface area contributed by atoms with Gasteiger partial charge in [0.25, 0.3) is 5.56 Å². The van der Waals surface area contributed by atoms with Gasteiger partial charge in [-0.3, -0.25) is 9.59 Å². The summed E-state index contributed by atoms with van der Waals surface area (Å²) >= 11 is 7.24. The molecular weight excluding hydrogens is 420 g/mol. The van der Waals surface area contributed by atoms with E-state index < -0.39 is 29.0 Å². The van der Waals surface area contributed by atoms with Crippen molar-refractivity contribution in [3.8, 4) is 0 Å². The lowest BCUT2D eigenvalue weighted by Gasteiger charge is -2.24. The highest BCUT2D eigenvalue weighted by Crippen LogP contribution is 2.36. The largest absolute Gasteiger partial charge is 0.310 e. The third-order valence-electron chi connectivity index (χ3n) is 4.53. The minimum Gasteiger partial charge on any atom is -0.310 e. The molecule has 1 atom stereocenters. The lowest BCUT2D eigenvalue weighted by atomic mass is 9.86. The molecule has 4 rings (SSSR count). The summed E-state index contributed by atoms with van der Waals surface area (Å²) in [4.78, 5) is 31.9. The van der Waals surface area contributed by atoms with Gasteiger partial charge in [-0.2, -0.15) is 0 Å². The molecule has 29 heavy (non-hydrogen) atoms. The van der Waals surface area contributed by atoms with Gasteiger partial charge in [0.2, 0.25) is 5.91 Å². The van der Waals surface area contributed by atoms with Crippen LogP contribution in [0, 0.1) is 11.6 Å². The zero-order valence-electron chi connectivity index (χ0n) is 14.8. The van der Waals surface area contributed by atoms with Gasteiger partial charge in [0.15, 0.2) is 5.16 Å².